The molecule has 7 heteroatoms. The van der Waals surface area contributed by atoms with Crippen LogP contribution in [0.25, 0.3) is 0 Å². The second-order valence-electron chi connectivity index (χ2n) is 5.68. The fourth-order valence-electron chi connectivity index (χ4n) is 2.36. The van der Waals surface area contributed by atoms with Crippen molar-refractivity contribution in [3.8, 4) is 6.07 Å². The molecule has 1 aromatic carbocycles. The number of aliphatic hydroxyl groups is 1. The molecule has 3 N–H and O–H groups in total. The van der Waals surface area contributed by atoms with Gasteiger partial charge in [-0.05, 0) is 31.4 Å². The van der Waals surface area contributed by atoms with Crippen molar-refractivity contribution in [1.29, 1.82) is 5.26 Å². The Morgan fingerprint density at radius 3 is 2.88 bits per heavy atom. The number of aliphatic hydroxyl groups excluding tert-OH is 1. The molecule has 1 aromatic heterocycles. The highest BCUT2D eigenvalue weighted by molar-refractivity contribution is 5.65. The summed E-state index contributed by atoms with van der Waals surface area (Å²) in [4.78, 5) is 8.85. The zero-order valence-corrected chi connectivity index (χ0v) is 13.1. The van der Waals surface area contributed by atoms with E-state index in [1.807, 2.05) is 12.1 Å². The molecular weight excluding hydrogens is 309 g/mol. The molecule has 0 atom stereocenters. The summed E-state index contributed by atoms with van der Waals surface area (Å²) in [6.07, 6.45) is 2.79. The smallest absolute Gasteiger partial charge is 0.224 e. The van der Waals surface area contributed by atoms with Crippen molar-refractivity contribution in [3.63, 3.8) is 0 Å². The number of aromatic nitrogens is 2. The highest BCUT2D eigenvalue weighted by Crippen LogP contribution is 2.40. The zero-order valence-electron chi connectivity index (χ0n) is 13.1. The lowest BCUT2D eigenvalue weighted by Crippen LogP contribution is -2.09. The number of halogens is 1. The van der Waals surface area contributed by atoms with Gasteiger partial charge in [0.25, 0.3) is 0 Å². The summed E-state index contributed by atoms with van der Waals surface area (Å²) in [6.45, 7) is 0.655. The van der Waals surface area contributed by atoms with Crippen LogP contribution in [-0.4, -0.2) is 28.2 Å². The number of nitriles is 1. The van der Waals surface area contributed by atoms with Crippen molar-refractivity contribution in [1.82, 2.24) is 9.97 Å². The topological polar surface area (TPSA) is 93.9 Å². The number of rotatable bonds is 7. The quantitative estimate of drug-likeness (QED) is 0.677. The predicted molar refractivity (Wildman–Crippen MR) is 88.6 cm³/mol. The molecule has 2 aromatic rings. The van der Waals surface area contributed by atoms with Crippen molar-refractivity contribution in [3.05, 3.63) is 41.3 Å². The van der Waals surface area contributed by atoms with Gasteiger partial charge in [-0.1, -0.05) is 6.07 Å². The van der Waals surface area contributed by atoms with Gasteiger partial charge in [0.1, 0.15) is 23.3 Å². The highest BCUT2D eigenvalue weighted by Gasteiger charge is 2.26. The molecule has 124 valence electrons. The molecule has 1 fully saturated rings. The summed E-state index contributed by atoms with van der Waals surface area (Å²) < 4.78 is 13.7. The minimum atomic E-state index is -0.569. The maximum Gasteiger partial charge on any atom is 0.224 e. The molecule has 1 aliphatic carbocycles. The van der Waals surface area contributed by atoms with Crippen molar-refractivity contribution >= 4 is 17.5 Å². The molecule has 6 nitrogen and oxygen atoms in total. The van der Waals surface area contributed by atoms with Gasteiger partial charge in [0.15, 0.2) is 0 Å². The summed E-state index contributed by atoms with van der Waals surface area (Å²) in [7, 11) is 0. The fraction of sp³-hybridized carbons (Fsp3) is 0.353. The van der Waals surface area contributed by atoms with Gasteiger partial charge >= 0.3 is 0 Å². The lowest BCUT2D eigenvalue weighted by Gasteiger charge is -2.12. The Labute approximate surface area is 139 Å². The lowest BCUT2D eigenvalue weighted by molar-refractivity contribution is 0.292. The second kappa shape index (κ2) is 7.23. The molecule has 1 aliphatic rings. The first-order chi connectivity index (χ1) is 11.7. The first kappa shape index (κ1) is 16.1. The van der Waals surface area contributed by atoms with Gasteiger partial charge < -0.3 is 15.7 Å². The van der Waals surface area contributed by atoms with E-state index in [2.05, 4.69) is 20.6 Å². The molecule has 0 spiro atoms. The van der Waals surface area contributed by atoms with Gasteiger partial charge in [-0.2, -0.15) is 10.2 Å². The third-order valence-electron chi connectivity index (χ3n) is 3.75. The maximum absolute atomic E-state index is 13.7. The number of nitrogens with one attached hydrogen (secondary N) is 2. The van der Waals surface area contributed by atoms with Gasteiger partial charge in [0.05, 0.1) is 11.4 Å². The van der Waals surface area contributed by atoms with E-state index in [1.165, 1.54) is 6.07 Å². The van der Waals surface area contributed by atoms with Crippen molar-refractivity contribution in [2.75, 3.05) is 23.8 Å². The Bertz CT molecular complexity index is 770. The van der Waals surface area contributed by atoms with E-state index < -0.39 is 5.82 Å². The predicted octanol–water partition coefficient (Wildman–Crippen LogP) is 2.90. The van der Waals surface area contributed by atoms with E-state index >= 15 is 0 Å². The van der Waals surface area contributed by atoms with Gasteiger partial charge in [-0.15, -0.1) is 0 Å². The zero-order chi connectivity index (χ0) is 16.9. The average molecular weight is 327 g/mol. The molecule has 3 rings (SSSR count). The Hall–Kier alpha value is -2.72. The van der Waals surface area contributed by atoms with Crippen LogP contribution in [0.3, 0.4) is 0 Å². The second-order valence-corrected chi connectivity index (χ2v) is 5.68. The largest absolute Gasteiger partial charge is 0.396 e. The summed E-state index contributed by atoms with van der Waals surface area (Å²) in [6, 6.07) is 8.13. The van der Waals surface area contributed by atoms with Crippen LogP contribution in [0.4, 0.5) is 21.8 Å². The molecule has 0 bridgehead atoms. The normalized spacial score (nSPS) is 13.4. The highest BCUT2D eigenvalue weighted by atomic mass is 19.1. The standard InChI is InChI=1S/C17H18FN5O/c18-13-3-1-4-14(12(13)10-19)21-16-9-15(11-5-6-11)22-17(23-16)20-7-2-8-24/h1,3-4,9,11,24H,2,5-8H2,(H2,20,21,22,23). The van der Waals surface area contributed by atoms with E-state index in [0.717, 1.165) is 18.5 Å². The minimum absolute atomic E-state index is 0.0427. The molecule has 1 heterocycles. The molecule has 0 unspecified atom stereocenters. The Balaban J connectivity index is 1.87. The van der Waals surface area contributed by atoms with Crippen LogP contribution < -0.4 is 10.6 Å². The number of anilines is 3. The maximum atomic E-state index is 13.7. The van der Waals surface area contributed by atoms with E-state index in [1.54, 1.807) is 12.1 Å². The SMILES string of the molecule is N#Cc1c(F)cccc1Nc1cc(C2CC2)nc(NCCCO)n1. The molecule has 1 saturated carbocycles. The van der Waals surface area contributed by atoms with Crippen LogP contribution in [0.2, 0.25) is 0 Å². The Morgan fingerprint density at radius 2 is 2.17 bits per heavy atom. The third kappa shape index (κ3) is 3.78. The van der Waals surface area contributed by atoms with E-state index in [0.29, 0.717) is 36.3 Å². The van der Waals surface area contributed by atoms with Crippen LogP contribution in [-0.2, 0) is 0 Å². The summed E-state index contributed by atoms with van der Waals surface area (Å²) in [5.74, 6) is 0.834. The average Bonchev–Trinajstić information content (AvgIpc) is 3.40. The van der Waals surface area contributed by atoms with Crippen LogP contribution in [0.15, 0.2) is 24.3 Å². The lowest BCUT2D eigenvalue weighted by atomic mass is 10.2. The van der Waals surface area contributed by atoms with Crippen molar-refractivity contribution in [2.24, 2.45) is 0 Å². The number of hydrogen-bond donors (Lipinski definition) is 3. The van der Waals surface area contributed by atoms with Crippen LogP contribution >= 0.6 is 0 Å². The molecule has 24 heavy (non-hydrogen) atoms. The monoisotopic (exact) mass is 327 g/mol. The summed E-state index contributed by atoms with van der Waals surface area (Å²) >= 11 is 0. The number of nitrogens with zero attached hydrogens (tertiary/aromatic N) is 3. The first-order valence-electron chi connectivity index (χ1n) is 7.90. The van der Waals surface area contributed by atoms with E-state index in [9.17, 15) is 4.39 Å². The summed E-state index contributed by atoms with van der Waals surface area (Å²) in [5, 5.41) is 24.1. The molecule has 0 amide bonds. The molecular formula is C17H18FN5O. The fourth-order valence-corrected chi connectivity index (χ4v) is 2.36. The van der Waals surface area contributed by atoms with Crippen LogP contribution in [0.1, 0.15) is 36.4 Å². The summed E-state index contributed by atoms with van der Waals surface area (Å²) in [5.41, 5.74) is 1.26. The third-order valence-corrected chi connectivity index (χ3v) is 3.75. The van der Waals surface area contributed by atoms with Gasteiger partial charge in [0.2, 0.25) is 5.95 Å². The van der Waals surface area contributed by atoms with Crippen molar-refractivity contribution in [2.45, 2.75) is 25.2 Å². The minimum Gasteiger partial charge on any atom is -0.396 e. The first-order valence-corrected chi connectivity index (χ1v) is 7.90. The molecule has 0 radical (unpaired) electrons. The van der Waals surface area contributed by atoms with Gasteiger partial charge in [-0.3, -0.25) is 0 Å². The number of hydrogen-bond acceptors (Lipinski definition) is 6. The van der Waals surface area contributed by atoms with Crippen LogP contribution in [0, 0.1) is 17.1 Å². The van der Waals surface area contributed by atoms with Gasteiger partial charge in [-0.25, -0.2) is 9.37 Å². The van der Waals surface area contributed by atoms with Crippen molar-refractivity contribution < 1.29 is 9.50 Å². The Morgan fingerprint density at radius 1 is 1.33 bits per heavy atom. The van der Waals surface area contributed by atoms with E-state index in [-0.39, 0.29) is 12.2 Å². The van der Waals surface area contributed by atoms with Crippen LogP contribution in [0.5, 0.6) is 0 Å². The number of benzene rings is 1. The Kier molecular flexibility index (Phi) is 4.87. The molecule has 0 aliphatic heterocycles. The van der Waals surface area contributed by atoms with Gasteiger partial charge in [0, 0.05) is 25.1 Å². The molecule has 0 saturated heterocycles. The van der Waals surface area contributed by atoms with E-state index in [4.69, 9.17) is 10.4 Å².